The van der Waals surface area contributed by atoms with E-state index in [2.05, 4.69) is 9.97 Å². The number of allylic oxidation sites excluding steroid dienone is 2. The van der Waals surface area contributed by atoms with Crippen molar-refractivity contribution in [3.05, 3.63) is 89.4 Å². The van der Waals surface area contributed by atoms with Crippen molar-refractivity contribution in [2.24, 2.45) is 5.73 Å². The van der Waals surface area contributed by atoms with Crippen molar-refractivity contribution in [1.29, 1.82) is 0 Å². The average Bonchev–Trinajstić information content (AvgIpc) is 3.17. The summed E-state index contributed by atoms with van der Waals surface area (Å²) in [5.74, 6) is -2.34. The van der Waals surface area contributed by atoms with Crippen LogP contribution < -0.4 is 5.73 Å². The molecule has 0 saturated carbocycles. The van der Waals surface area contributed by atoms with Crippen molar-refractivity contribution in [3.8, 4) is 11.1 Å². The minimum Gasteiger partial charge on any atom is -0.478 e. The topological polar surface area (TPSA) is 111 Å². The Balaban J connectivity index is 1.98. The molecule has 0 spiro atoms. The van der Waals surface area contributed by atoms with Crippen LogP contribution in [-0.4, -0.2) is 31.4 Å². The molecular formula is C26H23FN4O3. The zero-order valence-corrected chi connectivity index (χ0v) is 18.9. The number of ketones is 1. The molecule has 0 fully saturated rings. The summed E-state index contributed by atoms with van der Waals surface area (Å²) in [7, 11) is 0. The molecule has 7 nitrogen and oxygen atoms in total. The van der Waals surface area contributed by atoms with Crippen LogP contribution in [0.4, 0.5) is 4.39 Å². The number of rotatable bonds is 6. The van der Waals surface area contributed by atoms with Gasteiger partial charge in [-0.1, -0.05) is 12.1 Å². The molecule has 0 aliphatic carbocycles. The minimum absolute atomic E-state index is 0.177. The Morgan fingerprint density at radius 2 is 1.88 bits per heavy atom. The molecule has 0 radical (unpaired) electrons. The molecule has 8 heteroatoms. The van der Waals surface area contributed by atoms with Crippen LogP contribution in [-0.2, 0) is 4.79 Å². The number of hydrogen-bond donors (Lipinski definition) is 2. The largest absolute Gasteiger partial charge is 0.478 e. The number of fused-ring (bicyclic) bond motifs is 1. The minimum atomic E-state index is -1.33. The molecule has 172 valence electrons. The van der Waals surface area contributed by atoms with E-state index in [-0.39, 0.29) is 11.8 Å². The lowest BCUT2D eigenvalue weighted by molar-refractivity contribution is -0.111. The molecule has 4 aromatic rings. The number of nitrogens with two attached hydrogens (primary N) is 1. The third kappa shape index (κ3) is 4.05. The van der Waals surface area contributed by atoms with E-state index in [1.807, 2.05) is 42.0 Å². The Kier molecular flexibility index (Phi) is 5.98. The van der Waals surface area contributed by atoms with E-state index in [4.69, 9.17) is 10.8 Å². The molecule has 3 aromatic heterocycles. The van der Waals surface area contributed by atoms with Crippen LogP contribution in [0.2, 0.25) is 0 Å². The number of benzene rings is 1. The van der Waals surface area contributed by atoms with E-state index in [9.17, 15) is 14.0 Å². The number of hydrogen-bond acceptors (Lipinski definition) is 5. The number of aromatic carboxylic acids is 1. The summed E-state index contributed by atoms with van der Waals surface area (Å²) in [5.41, 5.74) is 10.1. The molecule has 4 rings (SSSR count). The lowest BCUT2D eigenvalue weighted by atomic mass is 10.0. The number of carboxylic acids is 1. The van der Waals surface area contributed by atoms with Crippen LogP contribution in [0.3, 0.4) is 0 Å². The summed E-state index contributed by atoms with van der Waals surface area (Å²) in [4.78, 5) is 32.5. The number of carbonyl (C=O) groups is 2. The number of aromatic nitrogens is 3. The number of Topliss-reactive ketones (excluding diaryl/α,β-unsaturated/α-hetero) is 1. The van der Waals surface area contributed by atoms with Gasteiger partial charge in [-0.15, -0.1) is 0 Å². The van der Waals surface area contributed by atoms with Gasteiger partial charge in [0.05, 0.1) is 28.3 Å². The van der Waals surface area contributed by atoms with E-state index >= 15 is 0 Å². The Morgan fingerprint density at radius 1 is 1.12 bits per heavy atom. The van der Waals surface area contributed by atoms with Crippen molar-refractivity contribution in [2.75, 3.05) is 0 Å². The molecule has 34 heavy (non-hydrogen) atoms. The van der Waals surface area contributed by atoms with Gasteiger partial charge in [0.2, 0.25) is 0 Å². The fourth-order valence-corrected chi connectivity index (χ4v) is 4.13. The fraction of sp³-hybridized carbons (Fsp3) is 0.154. The number of pyridine rings is 2. The predicted octanol–water partition coefficient (Wildman–Crippen LogP) is 4.82. The maximum absolute atomic E-state index is 14.5. The van der Waals surface area contributed by atoms with Crippen LogP contribution in [0, 0.1) is 5.82 Å². The normalized spacial score (nSPS) is 12.9. The van der Waals surface area contributed by atoms with E-state index in [1.165, 1.54) is 19.1 Å². The molecule has 1 atom stereocenters. The zero-order valence-electron chi connectivity index (χ0n) is 18.9. The number of nitrogens with zero attached hydrogens (tertiary/aromatic N) is 3. The van der Waals surface area contributed by atoms with Crippen molar-refractivity contribution in [3.63, 3.8) is 0 Å². The summed E-state index contributed by atoms with van der Waals surface area (Å²) in [6.07, 6.45) is 5.11. The smallest absolute Gasteiger partial charge is 0.338 e. The van der Waals surface area contributed by atoms with Gasteiger partial charge in [-0.25, -0.2) is 9.18 Å². The van der Waals surface area contributed by atoms with Gasteiger partial charge in [0.15, 0.2) is 5.78 Å². The standard InChI is InChI=1S/C26H23FN4O3/c1-14(28)24(16(3)32)18-11-23-25(30-12-18)20(17-7-8-19(26(33)34)21(27)10-17)13-31(23)15(2)22-6-4-5-9-29-22/h4-13,15H,28H2,1-3H3,(H,33,34)/t15-/m0/s1. The van der Waals surface area contributed by atoms with Crippen molar-refractivity contribution in [1.82, 2.24) is 14.5 Å². The highest BCUT2D eigenvalue weighted by Crippen LogP contribution is 2.35. The Morgan fingerprint density at radius 3 is 2.47 bits per heavy atom. The molecule has 3 heterocycles. The number of carbonyl (C=O) groups excluding carboxylic acids is 1. The van der Waals surface area contributed by atoms with Gasteiger partial charge in [-0.2, -0.15) is 0 Å². The van der Waals surface area contributed by atoms with Crippen molar-refractivity contribution < 1.29 is 19.1 Å². The first kappa shape index (κ1) is 22.8. The second-order valence-corrected chi connectivity index (χ2v) is 8.09. The van der Waals surface area contributed by atoms with Crippen LogP contribution in [0.1, 0.15) is 48.4 Å². The number of carboxylic acid groups (broad SMARTS) is 1. The highest BCUT2D eigenvalue weighted by atomic mass is 19.1. The molecule has 0 amide bonds. The van der Waals surface area contributed by atoms with Gasteiger partial charge in [-0.05, 0) is 56.7 Å². The van der Waals surface area contributed by atoms with Gasteiger partial charge >= 0.3 is 5.97 Å². The molecule has 1 aromatic carbocycles. The molecule has 0 aliphatic heterocycles. The molecule has 3 N–H and O–H groups in total. The number of halogens is 1. The predicted molar refractivity (Wildman–Crippen MR) is 128 cm³/mol. The third-order valence-electron chi connectivity index (χ3n) is 5.75. The first-order valence-corrected chi connectivity index (χ1v) is 10.6. The SMILES string of the molecule is CC(=O)C(=C(C)N)c1cnc2c(-c3ccc(C(=O)O)c(F)c3)cn([C@@H](C)c3ccccn3)c2c1. The molecule has 0 saturated heterocycles. The van der Waals surface area contributed by atoms with Gasteiger partial charge in [-0.3, -0.25) is 14.8 Å². The third-order valence-corrected chi connectivity index (χ3v) is 5.75. The fourth-order valence-electron chi connectivity index (χ4n) is 4.13. The van der Waals surface area contributed by atoms with Crippen molar-refractivity contribution >= 4 is 28.4 Å². The van der Waals surface area contributed by atoms with Gasteiger partial charge in [0, 0.05) is 41.0 Å². The second-order valence-electron chi connectivity index (χ2n) is 8.09. The zero-order chi connectivity index (χ0) is 24.6. The second kappa shape index (κ2) is 8.90. The van der Waals surface area contributed by atoms with E-state index in [0.29, 0.717) is 39.0 Å². The molecule has 0 aliphatic rings. The van der Waals surface area contributed by atoms with Crippen LogP contribution in [0.5, 0.6) is 0 Å². The summed E-state index contributed by atoms with van der Waals surface area (Å²) < 4.78 is 16.4. The summed E-state index contributed by atoms with van der Waals surface area (Å²) in [5, 5.41) is 9.17. The lowest BCUT2D eigenvalue weighted by Gasteiger charge is -2.15. The quantitative estimate of drug-likeness (QED) is 0.401. The van der Waals surface area contributed by atoms with E-state index in [0.717, 1.165) is 5.69 Å². The summed E-state index contributed by atoms with van der Waals surface area (Å²) in [6.45, 7) is 5.08. The maximum atomic E-state index is 14.5. The van der Waals surface area contributed by atoms with Gasteiger partial charge in [0.25, 0.3) is 0 Å². The van der Waals surface area contributed by atoms with Gasteiger partial charge < -0.3 is 15.4 Å². The van der Waals surface area contributed by atoms with E-state index in [1.54, 1.807) is 25.4 Å². The van der Waals surface area contributed by atoms with Gasteiger partial charge in [0.1, 0.15) is 5.82 Å². The Bertz CT molecular complexity index is 1450. The summed E-state index contributed by atoms with van der Waals surface area (Å²) in [6, 6.07) is 11.2. The highest BCUT2D eigenvalue weighted by Gasteiger charge is 2.21. The summed E-state index contributed by atoms with van der Waals surface area (Å²) >= 11 is 0. The molecule has 0 unspecified atom stereocenters. The van der Waals surface area contributed by atoms with Crippen LogP contribution in [0.25, 0.3) is 27.7 Å². The molecular weight excluding hydrogens is 435 g/mol. The molecule has 0 bridgehead atoms. The van der Waals surface area contributed by atoms with Crippen molar-refractivity contribution in [2.45, 2.75) is 26.8 Å². The Hall–Kier alpha value is -4.33. The lowest BCUT2D eigenvalue weighted by Crippen LogP contribution is -2.08. The first-order valence-electron chi connectivity index (χ1n) is 10.6. The maximum Gasteiger partial charge on any atom is 0.338 e. The first-order chi connectivity index (χ1) is 16.2. The van der Waals surface area contributed by atoms with E-state index < -0.39 is 17.3 Å². The highest BCUT2D eigenvalue weighted by molar-refractivity contribution is 6.20. The average molecular weight is 458 g/mol. The van der Waals surface area contributed by atoms with Crippen LogP contribution in [0.15, 0.2) is 66.8 Å². The monoisotopic (exact) mass is 458 g/mol. The van der Waals surface area contributed by atoms with Crippen LogP contribution >= 0.6 is 0 Å². The Labute approximate surface area is 195 Å².